The first-order valence-corrected chi connectivity index (χ1v) is 12.4. The monoisotopic (exact) mass is 485 g/mol. The maximum atomic E-state index is 13.2. The molecule has 0 aliphatic carbocycles. The van der Waals surface area contributed by atoms with E-state index in [1.807, 2.05) is 39.1 Å². The summed E-state index contributed by atoms with van der Waals surface area (Å²) < 4.78 is 2.70. The van der Waals surface area contributed by atoms with Crippen molar-refractivity contribution in [3.63, 3.8) is 0 Å². The van der Waals surface area contributed by atoms with Gasteiger partial charge >= 0.3 is 5.69 Å². The highest BCUT2D eigenvalue weighted by molar-refractivity contribution is 5.86. The molecule has 0 N–H and O–H groups in total. The summed E-state index contributed by atoms with van der Waals surface area (Å²) >= 11 is 0. The van der Waals surface area contributed by atoms with Crippen LogP contribution in [0.4, 0.5) is 0 Å². The van der Waals surface area contributed by atoms with Gasteiger partial charge in [0.2, 0.25) is 0 Å². The van der Waals surface area contributed by atoms with Crippen LogP contribution in [0.1, 0.15) is 50.2 Å². The summed E-state index contributed by atoms with van der Waals surface area (Å²) in [5.41, 5.74) is 2.22. The van der Waals surface area contributed by atoms with Crippen molar-refractivity contribution in [2.75, 3.05) is 7.05 Å². The smallest absolute Gasteiger partial charge is 0.276 e. The molecular weight excluding hydrogens is 454 g/mol. The lowest BCUT2D eigenvalue weighted by Crippen LogP contribution is -2.40. The van der Waals surface area contributed by atoms with E-state index < -0.39 is 5.56 Å². The fourth-order valence-corrected chi connectivity index (χ4v) is 5.03. The highest BCUT2D eigenvalue weighted by Crippen LogP contribution is 2.35. The molecule has 1 aliphatic heterocycles. The second-order valence-electron chi connectivity index (χ2n) is 9.89. The molecule has 2 aromatic heterocycles. The van der Waals surface area contributed by atoms with Gasteiger partial charge in [0.1, 0.15) is 12.1 Å². The normalized spacial score (nSPS) is 17.7. The number of nitrogens with zero attached hydrogens (tertiary/aromatic N) is 7. The van der Waals surface area contributed by atoms with E-state index in [-0.39, 0.29) is 29.2 Å². The van der Waals surface area contributed by atoms with E-state index in [2.05, 4.69) is 41.5 Å². The van der Waals surface area contributed by atoms with Crippen LogP contribution < -0.4 is 11.2 Å². The average molecular weight is 486 g/mol. The van der Waals surface area contributed by atoms with Crippen LogP contribution in [0, 0.1) is 5.92 Å². The number of aromatic nitrogens is 4. The molecule has 5 rings (SSSR count). The number of hydrogen-bond donors (Lipinski definition) is 0. The first kappa shape index (κ1) is 23.8. The zero-order chi connectivity index (χ0) is 25.6. The van der Waals surface area contributed by atoms with Crippen LogP contribution >= 0.6 is 0 Å². The highest BCUT2D eigenvalue weighted by Gasteiger charge is 2.35. The quantitative estimate of drug-likeness (QED) is 0.411. The first-order valence-electron chi connectivity index (χ1n) is 12.4. The molecule has 0 fully saturated rings. The van der Waals surface area contributed by atoms with Crippen LogP contribution in [0.2, 0.25) is 0 Å². The van der Waals surface area contributed by atoms with Crippen molar-refractivity contribution in [3.05, 3.63) is 80.3 Å². The molecule has 3 heterocycles. The Morgan fingerprint density at radius 3 is 2.50 bits per heavy atom. The fraction of sp³-hybridized carbons (Fsp3) is 0.407. The molecule has 9 nitrogen and oxygen atoms in total. The van der Waals surface area contributed by atoms with Gasteiger partial charge in [0.25, 0.3) is 5.56 Å². The lowest BCUT2D eigenvalue weighted by atomic mass is 9.96. The van der Waals surface area contributed by atoms with Crippen LogP contribution in [0.15, 0.2) is 62.4 Å². The summed E-state index contributed by atoms with van der Waals surface area (Å²) in [4.78, 5) is 36.3. The molecule has 2 aromatic carbocycles. The van der Waals surface area contributed by atoms with Crippen LogP contribution in [-0.4, -0.2) is 37.2 Å². The molecule has 0 saturated heterocycles. The van der Waals surface area contributed by atoms with Crippen LogP contribution in [-0.2, 0) is 20.0 Å². The van der Waals surface area contributed by atoms with Crippen molar-refractivity contribution in [3.8, 4) is 0 Å². The fourth-order valence-electron chi connectivity index (χ4n) is 5.03. The summed E-state index contributed by atoms with van der Waals surface area (Å²) in [6, 6.07) is 14.1. The largest absolute Gasteiger partial charge is 0.332 e. The minimum absolute atomic E-state index is 0.0987. The molecule has 0 spiro atoms. The van der Waals surface area contributed by atoms with Gasteiger partial charge in [-0.3, -0.25) is 18.9 Å². The lowest BCUT2D eigenvalue weighted by molar-refractivity contribution is 0.264. The van der Waals surface area contributed by atoms with Crippen molar-refractivity contribution in [2.24, 2.45) is 23.3 Å². The number of rotatable bonds is 6. The second-order valence-corrected chi connectivity index (χ2v) is 9.89. The van der Waals surface area contributed by atoms with Gasteiger partial charge < -0.3 is 0 Å². The molecule has 1 aliphatic rings. The standard InChI is InChI=1S/C27H31N7O2/c1-6-20-24(33(5)31-30-20)22-21(14-18-12-9-11-17-10-7-8-13-19(17)18)28-25-23(29-22)26(35)32(4)27(36)34(25)15-16(2)3/h7-13,16,20,24H,6,14-15H2,1-5H3. The Bertz CT molecular complexity index is 1600. The molecule has 2 unspecified atom stereocenters. The third kappa shape index (κ3) is 3.98. The van der Waals surface area contributed by atoms with Gasteiger partial charge in [-0.2, -0.15) is 5.11 Å². The topological polar surface area (TPSA) is 97.7 Å². The Balaban J connectivity index is 1.80. The van der Waals surface area contributed by atoms with Crippen molar-refractivity contribution in [1.29, 1.82) is 0 Å². The van der Waals surface area contributed by atoms with E-state index in [0.29, 0.717) is 24.3 Å². The maximum Gasteiger partial charge on any atom is 0.332 e. The summed E-state index contributed by atoms with van der Waals surface area (Å²) in [6.45, 7) is 6.57. The van der Waals surface area contributed by atoms with Crippen LogP contribution in [0.25, 0.3) is 21.9 Å². The van der Waals surface area contributed by atoms with Crippen molar-refractivity contribution >= 4 is 21.9 Å². The van der Waals surface area contributed by atoms with Crippen LogP contribution in [0.3, 0.4) is 0 Å². The Kier molecular flexibility index (Phi) is 6.15. The summed E-state index contributed by atoms with van der Waals surface area (Å²) in [5, 5.41) is 12.8. The zero-order valence-corrected chi connectivity index (χ0v) is 21.3. The molecule has 0 radical (unpaired) electrons. The second kappa shape index (κ2) is 9.29. The van der Waals surface area contributed by atoms with Crippen molar-refractivity contribution in [1.82, 2.24) is 24.1 Å². The molecular formula is C27H31N7O2. The SMILES string of the molecule is CCC1N=NN(C)C1c1nc2c(=O)n(C)c(=O)n(CC(C)C)c2nc1Cc1cccc2ccccc12. The molecule has 0 saturated carbocycles. The molecule has 36 heavy (non-hydrogen) atoms. The van der Waals surface area contributed by atoms with Gasteiger partial charge in [-0.15, -0.1) is 0 Å². The number of benzene rings is 2. The zero-order valence-electron chi connectivity index (χ0n) is 21.3. The molecule has 9 heteroatoms. The Labute approximate surface area is 209 Å². The van der Waals surface area contributed by atoms with E-state index >= 15 is 0 Å². The minimum atomic E-state index is -0.442. The molecule has 0 amide bonds. The first-order chi connectivity index (χ1) is 17.3. The summed E-state index contributed by atoms with van der Waals surface area (Å²) in [5.74, 6) is 0.189. The molecule has 2 atom stereocenters. The van der Waals surface area contributed by atoms with E-state index in [1.54, 1.807) is 9.58 Å². The minimum Gasteiger partial charge on any atom is -0.276 e. The summed E-state index contributed by atoms with van der Waals surface area (Å²) in [7, 11) is 3.36. The van der Waals surface area contributed by atoms with Gasteiger partial charge in [-0.1, -0.05) is 68.5 Å². The molecule has 4 aromatic rings. The lowest BCUT2D eigenvalue weighted by Gasteiger charge is -2.24. The van der Waals surface area contributed by atoms with Crippen LogP contribution in [0.5, 0.6) is 0 Å². The molecule has 186 valence electrons. The average Bonchev–Trinajstić information content (AvgIpc) is 3.25. The van der Waals surface area contributed by atoms with E-state index in [1.165, 1.54) is 7.05 Å². The number of hydrogen-bond acceptors (Lipinski definition) is 7. The Morgan fingerprint density at radius 1 is 1.00 bits per heavy atom. The summed E-state index contributed by atoms with van der Waals surface area (Å²) in [6.07, 6.45) is 1.28. The van der Waals surface area contributed by atoms with Gasteiger partial charge in [0.05, 0.1) is 11.4 Å². The van der Waals surface area contributed by atoms with E-state index in [0.717, 1.165) is 33.0 Å². The molecule has 0 bridgehead atoms. The Morgan fingerprint density at radius 2 is 1.75 bits per heavy atom. The highest BCUT2D eigenvalue weighted by atomic mass is 16.2. The van der Waals surface area contributed by atoms with E-state index in [9.17, 15) is 9.59 Å². The van der Waals surface area contributed by atoms with E-state index in [4.69, 9.17) is 9.97 Å². The van der Waals surface area contributed by atoms with Gasteiger partial charge in [0, 0.05) is 27.1 Å². The number of fused-ring (bicyclic) bond motifs is 2. The van der Waals surface area contributed by atoms with Gasteiger partial charge in [-0.25, -0.2) is 14.8 Å². The third-order valence-corrected chi connectivity index (χ3v) is 6.85. The van der Waals surface area contributed by atoms with Gasteiger partial charge in [0.15, 0.2) is 11.2 Å². The maximum absolute atomic E-state index is 13.2. The van der Waals surface area contributed by atoms with Crippen molar-refractivity contribution < 1.29 is 0 Å². The number of likely N-dealkylation sites (N-methyl/N-ethyl adjacent to an activating group) is 1. The predicted molar refractivity (Wildman–Crippen MR) is 140 cm³/mol. The van der Waals surface area contributed by atoms with Crippen molar-refractivity contribution in [2.45, 2.75) is 52.2 Å². The predicted octanol–water partition coefficient (Wildman–Crippen LogP) is 4.02. The third-order valence-electron chi connectivity index (χ3n) is 6.85. The van der Waals surface area contributed by atoms with Gasteiger partial charge in [-0.05, 0) is 28.7 Å². The Hall–Kier alpha value is -3.88.